The van der Waals surface area contributed by atoms with Crippen molar-refractivity contribution in [2.24, 2.45) is 0 Å². The molecule has 4 nitrogen and oxygen atoms in total. The van der Waals surface area contributed by atoms with Crippen LogP contribution in [0.2, 0.25) is 0 Å². The van der Waals surface area contributed by atoms with Crippen molar-refractivity contribution in [3.63, 3.8) is 0 Å². The molecule has 5 heteroatoms. The predicted octanol–water partition coefficient (Wildman–Crippen LogP) is 3.07. The van der Waals surface area contributed by atoms with Gasteiger partial charge in [-0.05, 0) is 43.4 Å². The quantitative estimate of drug-likeness (QED) is 0.754. The summed E-state index contributed by atoms with van der Waals surface area (Å²) in [5, 5.41) is 0.558. The Balaban J connectivity index is 1.96. The van der Waals surface area contributed by atoms with E-state index in [-0.39, 0.29) is 5.91 Å². The maximum absolute atomic E-state index is 12.6. The lowest BCUT2D eigenvalue weighted by Crippen LogP contribution is -2.35. The second-order valence-corrected chi connectivity index (χ2v) is 6.61. The molecule has 0 aliphatic carbocycles. The van der Waals surface area contributed by atoms with E-state index < -0.39 is 0 Å². The van der Waals surface area contributed by atoms with Gasteiger partial charge in [0, 0.05) is 31.0 Å². The molecule has 0 N–H and O–H groups in total. The van der Waals surface area contributed by atoms with Gasteiger partial charge in [-0.1, -0.05) is 6.42 Å². The fourth-order valence-corrected chi connectivity index (χ4v) is 3.33. The molecule has 1 aromatic rings. The lowest BCUT2D eigenvalue weighted by Gasteiger charge is -2.23. The van der Waals surface area contributed by atoms with E-state index in [0.717, 1.165) is 30.8 Å². The summed E-state index contributed by atoms with van der Waals surface area (Å²) >= 11 is 1.86. The van der Waals surface area contributed by atoms with E-state index in [1.54, 1.807) is 7.11 Å². The highest BCUT2D eigenvalue weighted by Gasteiger charge is 2.22. The zero-order chi connectivity index (χ0) is 15.8. The Labute approximate surface area is 137 Å². The van der Waals surface area contributed by atoms with Crippen LogP contribution in [0.3, 0.4) is 0 Å². The molecular formula is C17H25NO3S. The van der Waals surface area contributed by atoms with Gasteiger partial charge in [-0.15, -0.1) is 0 Å². The highest BCUT2D eigenvalue weighted by molar-refractivity contribution is 7.99. The van der Waals surface area contributed by atoms with Crippen molar-refractivity contribution in [2.75, 3.05) is 39.7 Å². The van der Waals surface area contributed by atoms with E-state index in [4.69, 9.17) is 9.47 Å². The number of methoxy groups -OCH3 is 1. The van der Waals surface area contributed by atoms with Crippen LogP contribution in [0.1, 0.15) is 29.6 Å². The number of likely N-dealkylation sites (tertiary alicyclic amines) is 1. The van der Waals surface area contributed by atoms with E-state index in [9.17, 15) is 4.79 Å². The third-order valence-corrected chi connectivity index (χ3v) is 4.96. The summed E-state index contributed by atoms with van der Waals surface area (Å²) in [6.07, 6.45) is 5.64. The van der Waals surface area contributed by atoms with Crippen LogP contribution in [0.5, 0.6) is 5.75 Å². The maximum atomic E-state index is 12.6. The van der Waals surface area contributed by atoms with Crippen LogP contribution >= 0.6 is 11.8 Å². The van der Waals surface area contributed by atoms with Crippen molar-refractivity contribution in [1.29, 1.82) is 0 Å². The summed E-state index contributed by atoms with van der Waals surface area (Å²) in [6.45, 7) is 2.80. The monoisotopic (exact) mass is 323 g/mol. The molecule has 1 heterocycles. The Kier molecular flexibility index (Phi) is 7.06. The van der Waals surface area contributed by atoms with Gasteiger partial charge in [-0.25, -0.2) is 0 Å². The van der Waals surface area contributed by atoms with Crippen molar-refractivity contribution in [3.05, 3.63) is 29.8 Å². The van der Waals surface area contributed by atoms with E-state index in [1.165, 1.54) is 12.8 Å². The topological polar surface area (TPSA) is 38.8 Å². The predicted molar refractivity (Wildman–Crippen MR) is 90.9 cm³/mol. The number of ether oxygens (including phenoxy) is 2. The number of carbonyl (C=O) groups excluding carboxylic acids is 1. The van der Waals surface area contributed by atoms with E-state index >= 15 is 0 Å². The minimum Gasteiger partial charge on any atom is -0.491 e. The van der Waals surface area contributed by atoms with E-state index in [1.807, 2.05) is 40.9 Å². The highest BCUT2D eigenvalue weighted by atomic mass is 32.2. The Morgan fingerprint density at radius 1 is 1.27 bits per heavy atom. The van der Waals surface area contributed by atoms with Crippen LogP contribution in [0.25, 0.3) is 0 Å². The number of rotatable bonds is 6. The third-order valence-electron chi connectivity index (χ3n) is 3.91. The number of thioether (sulfide) groups is 1. The van der Waals surface area contributed by atoms with Crippen LogP contribution in [0.15, 0.2) is 24.3 Å². The Morgan fingerprint density at radius 2 is 2.05 bits per heavy atom. The van der Waals surface area contributed by atoms with Crippen LogP contribution in [-0.2, 0) is 4.74 Å². The largest absolute Gasteiger partial charge is 0.491 e. The summed E-state index contributed by atoms with van der Waals surface area (Å²) in [5.74, 6) is 0.899. The third kappa shape index (κ3) is 4.92. The van der Waals surface area contributed by atoms with Crippen molar-refractivity contribution in [2.45, 2.75) is 24.5 Å². The number of benzene rings is 1. The molecule has 1 aliphatic heterocycles. The molecule has 0 radical (unpaired) electrons. The Bertz CT molecular complexity index is 463. The van der Waals surface area contributed by atoms with Crippen molar-refractivity contribution >= 4 is 17.7 Å². The van der Waals surface area contributed by atoms with Gasteiger partial charge < -0.3 is 14.4 Å². The van der Waals surface area contributed by atoms with Crippen molar-refractivity contribution in [1.82, 2.24) is 4.90 Å². The molecule has 0 spiro atoms. The van der Waals surface area contributed by atoms with Gasteiger partial charge >= 0.3 is 0 Å². The molecule has 0 aromatic heterocycles. The van der Waals surface area contributed by atoms with Gasteiger partial charge in [-0.3, -0.25) is 4.79 Å². The van der Waals surface area contributed by atoms with Gasteiger partial charge in [0.1, 0.15) is 12.4 Å². The summed E-state index contributed by atoms with van der Waals surface area (Å²) in [4.78, 5) is 14.6. The molecule has 1 aromatic carbocycles. The van der Waals surface area contributed by atoms with Gasteiger partial charge in [0.2, 0.25) is 0 Å². The average Bonchev–Trinajstić information content (AvgIpc) is 2.81. The molecule has 1 saturated heterocycles. The molecule has 0 saturated carbocycles. The summed E-state index contributed by atoms with van der Waals surface area (Å²) in [7, 11) is 1.65. The zero-order valence-electron chi connectivity index (χ0n) is 13.4. The van der Waals surface area contributed by atoms with Gasteiger partial charge in [0.05, 0.1) is 6.61 Å². The van der Waals surface area contributed by atoms with Gasteiger partial charge in [0.15, 0.2) is 0 Å². The lowest BCUT2D eigenvalue weighted by atomic mass is 10.2. The number of hydrogen-bond donors (Lipinski definition) is 0. The maximum Gasteiger partial charge on any atom is 0.253 e. The van der Waals surface area contributed by atoms with Crippen LogP contribution < -0.4 is 4.74 Å². The summed E-state index contributed by atoms with van der Waals surface area (Å²) in [5.41, 5.74) is 0.737. The van der Waals surface area contributed by atoms with Crippen molar-refractivity contribution in [3.8, 4) is 5.75 Å². The Morgan fingerprint density at radius 3 is 2.73 bits per heavy atom. The first-order valence-electron chi connectivity index (χ1n) is 7.78. The zero-order valence-corrected chi connectivity index (χ0v) is 14.2. The molecule has 22 heavy (non-hydrogen) atoms. The molecule has 1 atom stereocenters. The highest BCUT2D eigenvalue weighted by Crippen LogP contribution is 2.22. The SMILES string of the molecule is COCCOc1ccc(C(=O)N2CCCC[C@H](SC)C2)cc1. The molecule has 0 bridgehead atoms. The molecule has 1 amide bonds. The van der Waals surface area contributed by atoms with Gasteiger partial charge in [-0.2, -0.15) is 11.8 Å². The molecular weight excluding hydrogens is 298 g/mol. The minimum absolute atomic E-state index is 0.129. The first-order chi connectivity index (χ1) is 10.7. The van der Waals surface area contributed by atoms with Crippen LogP contribution in [0.4, 0.5) is 0 Å². The normalized spacial score (nSPS) is 18.8. The first kappa shape index (κ1) is 17.2. The number of nitrogens with zero attached hydrogens (tertiary/aromatic N) is 1. The molecule has 122 valence electrons. The van der Waals surface area contributed by atoms with Crippen LogP contribution in [0, 0.1) is 0 Å². The fraction of sp³-hybridized carbons (Fsp3) is 0.588. The minimum atomic E-state index is 0.129. The average molecular weight is 323 g/mol. The number of hydrogen-bond acceptors (Lipinski definition) is 4. The molecule has 2 rings (SSSR count). The molecule has 1 aliphatic rings. The second-order valence-electron chi connectivity index (χ2n) is 5.47. The summed E-state index contributed by atoms with van der Waals surface area (Å²) < 4.78 is 10.5. The number of amides is 1. The van der Waals surface area contributed by atoms with E-state index in [0.29, 0.717) is 18.5 Å². The van der Waals surface area contributed by atoms with Crippen molar-refractivity contribution < 1.29 is 14.3 Å². The number of carbonyl (C=O) groups is 1. The Hall–Kier alpha value is -1.20. The van der Waals surface area contributed by atoms with Crippen LogP contribution in [-0.4, -0.2) is 55.7 Å². The first-order valence-corrected chi connectivity index (χ1v) is 9.07. The summed E-state index contributed by atoms with van der Waals surface area (Å²) in [6, 6.07) is 7.41. The van der Waals surface area contributed by atoms with E-state index in [2.05, 4.69) is 6.26 Å². The second kappa shape index (κ2) is 9.06. The standard InChI is InChI=1S/C17H25NO3S/c1-20-11-12-21-15-8-6-14(7-9-15)17(19)18-10-4-3-5-16(13-18)22-2/h6-9,16H,3-5,10-13H2,1-2H3/t16-/m0/s1. The molecule has 0 unspecified atom stereocenters. The smallest absolute Gasteiger partial charge is 0.253 e. The molecule has 1 fully saturated rings. The van der Waals surface area contributed by atoms with Gasteiger partial charge in [0.25, 0.3) is 5.91 Å². The fourth-order valence-electron chi connectivity index (χ4n) is 2.60. The lowest BCUT2D eigenvalue weighted by molar-refractivity contribution is 0.0763.